The lowest BCUT2D eigenvalue weighted by atomic mass is 10.00. The maximum Gasteiger partial charge on any atom is 0.123 e. The van der Waals surface area contributed by atoms with E-state index in [0.29, 0.717) is 0 Å². The van der Waals surface area contributed by atoms with Crippen LogP contribution in [0.15, 0.2) is 48.5 Å². The molecular formula is C22H27ClFN. The molecule has 0 radical (unpaired) electrons. The number of fused-ring (bicyclic) bond motifs is 1. The average Bonchev–Trinajstić information content (AvgIpc) is 2.81. The standard InChI is InChI=1S/C22H26FN.ClH/c1-24(15-5-6-18-10-13-22(23)14-11-18)17-19-9-12-20-7-3-2-4-8-21(20)16-19;/h5-6,9-14,16H,2-4,7-8,15,17H2,1H3;1H/b6-5+;. The summed E-state index contributed by atoms with van der Waals surface area (Å²) in [6.45, 7) is 1.84. The van der Waals surface area contributed by atoms with Crippen LogP contribution in [0.3, 0.4) is 0 Å². The molecule has 0 unspecified atom stereocenters. The Balaban J connectivity index is 0.00000225. The number of aryl methyl sites for hydroxylation is 2. The van der Waals surface area contributed by atoms with E-state index in [1.54, 1.807) is 23.3 Å². The molecule has 0 heterocycles. The third-order valence-corrected chi connectivity index (χ3v) is 4.71. The molecule has 1 aliphatic rings. The Labute approximate surface area is 157 Å². The van der Waals surface area contributed by atoms with E-state index in [1.807, 2.05) is 6.08 Å². The molecule has 3 heteroatoms. The second-order valence-electron chi connectivity index (χ2n) is 6.81. The zero-order valence-corrected chi connectivity index (χ0v) is 15.7. The molecule has 3 rings (SSSR count). The van der Waals surface area contributed by atoms with E-state index in [1.165, 1.54) is 49.8 Å². The summed E-state index contributed by atoms with van der Waals surface area (Å²) in [5, 5.41) is 0. The second kappa shape index (κ2) is 9.74. The molecule has 0 saturated carbocycles. The van der Waals surface area contributed by atoms with Gasteiger partial charge >= 0.3 is 0 Å². The van der Waals surface area contributed by atoms with Gasteiger partial charge in [0.05, 0.1) is 0 Å². The molecule has 0 atom stereocenters. The number of likely N-dealkylation sites (N-methyl/N-ethyl adjacent to an activating group) is 1. The Bertz CT molecular complexity index is 694. The molecule has 0 aliphatic heterocycles. The van der Waals surface area contributed by atoms with Crippen LogP contribution in [0, 0.1) is 5.82 Å². The topological polar surface area (TPSA) is 3.24 Å². The summed E-state index contributed by atoms with van der Waals surface area (Å²) in [4.78, 5) is 2.30. The Morgan fingerprint density at radius 3 is 2.44 bits per heavy atom. The molecular weight excluding hydrogens is 333 g/mol. The van der Waals surface area contributed by atoms with Crippen LogP contribution in [0.5, 0.6) is 0 Å². The minimum atomic E-state index is -0.188. The van der Waals surface area contributed by atoms with Crippen molar-refractivity contribution in [3.63, 3.8) is 0 Å². The molecule has 0 saturated heterocycles. The predicted molar refractivity (Wildman–Crippen MR) is 107 cm³/mol. The van der Waals surface area contributed by atoms with Crippen molar-refractivity contribution in [2.24, 2.45) is 0 Å². The van der Waals surface area contributed by atoms with Gasteiger partial charge in [0.25, 0.3) is 0 Å². The van der Waals surface area contributed by atoms with Gasteiger partial charge in [0, 0.05) is 13.1 Å². The maximum atomic E-state index is 12.9. The van der Waals surface area contributed by atoms with E-state index in [9.17, 15) is 4.39 Å². The fraction of sp³-hybridized carbons (Fsp3) is 0.364. The van der Waals surface area contributed by atoms with Crippen molar-refractivity contribution in [1.29, 1.82) is 0 Å². The summed E-state index contributed by atoms with van der Waals surface area (Å²) >= 11 is 0. The summed E-state index contributed by atoms with van der Waals surface area (Å²) in [6.07, 6.45) is 10.7. The van der Waals surface area contributed by atoms with E-state index in [4.69, 9.17) is 0 Å². The lowest BCUT2D eigenvalue weighted by Gasteiger charge is -2.16. The first-order chi connectivity index (χ1) is 11.7. The molecule has 0 aromatic heterocycles. The van der Waals surface area contributed by atoms with Gasteiger partial charge in [-0.05, 0) is 67.1 Å². The average molecular weight is 360 g/mol. The Kier molecular flexibility index (Phi) is 7.67. The molecule has 134 valence electrons. The zero-order valence-electron chi connectivity index (χ0n) is 14.9. The first kappa shape index (κ1) is 19.7. The minimum absolute atomic E-state index is 0. The number of halogens is 2. The third kappa shape index (κ3) is 5.98. The van der Waals surface area contributed by atoms with Crippen molar-refractivity contribution in [3.8, 4) is 0 Å². The lowest BCUT2D eigenvalue weighted by Crippen LogP contribution is -2.17. The highest BCUT2D eigenvalue weighted by Crippen LogP contribution is 2.22. The van der Waals surface area contributed by atoms with Gasteiger partial charge in [-0.3, -0.25) is 4.90 Å². The number of nitrogens with zero attached hydrogens (tertiary/aromatic N) is 1. The molecule has 0 spiro atoms. The molecule has 2 aromatic rings. The van der Waals surface area contributed by atoms with Crippen molar-refractivity contribution >= 4 is 18.5 Å². The minimum Gasteiger partial charge on any atom is -0.298 e. The summed E-state index contributed by atoms with van der Waals surface area (Å²) in [6, 6.07) is 13.6. The molecule has 0 fully saturated rings. The third-order valence-electron chi connectivity index (χ3n) is 4.71. The molecule has 1 nitrogen and oxygen atoms in total. The highest BCUT2D eigenvalue weighted by molar-refractivity contribution is 5.85. The van der Waals surface area contributed by atoms with Gasteiger partial charge in [-0.15, -0.1) is 12.4 Å². The van der Waals surface area contributed by atoms with Gasteiger partial charge in [-0.2, -0.15) is 0 Å². The van der Waals surface area contributed by atoms with Crippen LogP contribution in [-0.2, 0) is 19.4 Å². The van der Waals surface area contributed by atoms with Crippen LogP contribution in [0.2, 0.25) is 0 Å². The highest BCUT2D eigenvalue weighted by atomic mass is 35.5. The SMILES string of the molecule is CN(C/C=C/c1ccc(F)cc1)Cc1ccc2c(c1)CCCCC2.Cl. The number of benzene rings is 2. The van der Waals surface area contributed by atoms with Crippen LogP contribution in [-0.4, -0.2) is 18.5 Å². The summed E-state index contributed by atoms with van der Waals surface area (Å²) in [5.41, 5.74) is 5.54. The van der Waals surface area contributed by atoms with E-state index in [-0.39, 0.29) is 18.2 Å². The van der Waals surface area contributed by atoms with Crippen molar-refractivity contribution in [3.05, 3.63) is 76.6 Å². The summed E-state index contributed by atoms with van der Waals surface area (Å²) < 4.78 is 12.9. The van der Waals surface area contributed by atoms with Crippen LogP contribution in [0.1, 0.15) is 41.5 Å². The Morgan fingerprint density at radius 2 is 1.68 bits per heavy atom. The Hall–Kier alpha value is -1.64. The van der Waals surface area contributed by atoms with Crippen LogP contribution >= 0.6 is 12.4 Å². The monoisotopic (exact) mass is 359 g/mol. The van der Waals surface area contributed by atoms with Crippen molar-refractivity contribution in [1.82, 2.24) is 4.90 Å². The second-order valence-corrected chi connectivity index (χ2v) is 6.81. The molecule has 2 aromatic carbocycles. The van der Waals surface area contributed by atoms with E-state index in [0.717, 1.165) is 18.7 Å². The molecule has 0 N–H and O–H groups in total. The fourth-order valence-electron chi connectivity index (χ4n) is 3.38. The largest absolute Gasteiger partial charge is 0.298 e. The zero-order chi connectivity index (χ0) is 16.8. The van der Waals surface area contributed by atoms with Crippen LogP contribution in [0.4, 0.5) is 4.39 Å². The highest BCUT2D eigenvalue weighted by Gasteiger charge is 2.09. The van der Waals surface area contributed by atoms with E-state index >= 15 is 0 Å². The molecule has 25 heavy (non-hydrogen) atoms. The smallest absolute Gasteiger partial charge is 0.123 e. The number of hydrogen-bond acceptors (Lipinski definition) is 1. The van der Waals surface area contributed by atoms with E-state index < -0.39 is 0 Å². The fourth-order valence-corrected chi connectivity index (χ4v) is 3.38. The van der Waals surface area contributed by atoms with Crippen molar-refractivity contribution < 1.29 is 4.39 Å². The summed E-state index contributed by atoms with van der Waals surface area (Å²) in [7, 11) is 2.14. The van der Waals surface area contributed by atoms with Gasteiger partial charge < -0.3 is 0 Å². The maximum absolute atomic E-state index is 12.9. The predicted octanol–water partition coefficient (Wildman–Crippen LogP) is 5.66. The van der Waals surface area contributed by atoms with Gasteiger partial charge in [-0.25, -0.2) is 4.39 Å². The quantitative estimate of drug-likeness (QED) is 0.622. The first-order valence-electron chi connectivity index (χ1n) is 8.92. The Morgan fingerprint density at radius 1 is 0.960 bits per heavy atom. The van der Waals surface area contributed by atoms with Crippen LogP contribution in [0.25, 0.3) is 6.08 Å². The molecule has 0 amide bonds. The van der Waals surface area contributed by atoms with Gasteiger partial charge in [0.15, 0.2) is 0 Å². The van der Waals surface area contributed by atoms with E-state index in [2.05, 4.69) is 36.2 Å². The lowest BCUT2D eigenvalue weighted by molar-refractivity contribution is 0.364. The molecule has 0 bridgehead atoms. The normalized spacial score (nSPS) is 14.2. The van der Waals surface area contributed by atoms with Gasteiger partial charge in [0.1, 0.15) is 5.82 Å². The summed E-state index contributed by atoms with van der Waals surface area (Å²) in [5.74, 6) is -0.188. The van der Waals surface area contributed by atoms with Crippen molar-refractivity contribution in [2.45, 2.75) is 38.6 Å². The van der Waals surface area contributed by atoms with Crippen LogP contribution < -0.4 is 0 Å². The van der Waals surface area contributed by atoms with Gasteiger partial charge in [-0.1, -0.05) is 48.9 Å². The number of rotatable bonds is 5. The molecule has 1 aliphatic carbocycles. The first-order valence-corrected chi connectivity index (χ1v) is 8.92. The van der Waals surface area contributed by atoms with Crippen molar-refractivity contribution in [2.75, 3.05) is 13.6 Å². The number of hydrogen-bond donors (Lipinski definition) is 0. The van der Waals surface area contributed by atoms with Gasteiger partial charge in [0.2, 0.25) is 0 Å².